The Balaban J connectivity index is 2.28. The minimum atomic E-state index is 0.378. The van der Waals surface area contributed by atoms with Crippen LogP contribution in [0.1, 0.15) is 30.3 Å². The summed E-state index contributed by atoms with van der Waals surface area (Å²) in [4.78, 5) is 8.26. The molecule has 0 aliphatic carbocycles. The van der Waals surface area contributed by atoms with Gasteiger partial charge in [0.1, 0.15) is 0 Å². The van der Waals surface area contributed by atoms with Crippen molar-refractivity contribution in [2.24, 2.45) is 0 Å². The van der Waals surface area contributed by atoms with E-state index in [1.165, 1.54) is 6.42 Å². The fourth-order valence-corrected chi connectivity index (χ4v) is 1.73. The molecule has 0 spiro atoms. The van der Waals surface area contributed by atoms with E-state index < -0.39 is 0 Å². The topological polar surface area (TPSA) is 63.8 Å². The van der Waals surface area contributed by atoms with Crippen LogP contribution in [0.15, 0.2) is 6.07 Å². The van der Waals surface area contributed by atoms with Gasteiger partial charge in [-0.25, -0.2) is 9.97 Å². The summed E-state index contributed by atoms with van der Waals surface area (Å²) in [6.07, 6.45) is 2.36. The molecule has 0 radical (unpaired) electrons. The van der Waals surface area contributed by atoms with Crippen molar-refractivity contribution >= 4 is 5.95 Å². The molecular formula is C9H14N4. The van der Waals surface area contributed by atoms with E-state index in [1.54, 1.807) is 0 Å². The zero-order chi connectivity index (χ0) is 9.26. The lowest BCUT2D eigenvalue weighted by atomic mass is 10.1. The first-order valence-electron chi connectivity index (χ1n) is 4.60. The highest BCUT2D eigenvalue weighted by atomic mass is 15.0. The fraction of sp³-hybridized carbons (Fsp3) is 0.556. The summed E-state index contributed by atoms with van der Waals surface area (Å²) in [6.45, 7) is 3.02. The molecule has 1 aromatic rings. The Morgan fingerprint density at radius 2 is 2.38 bits per heavy atom. The molecule has 4 heteroatoms. The maximum atomic E-state index is 5.58. The van der Waals surface area contributed by atoms with Crippen LogP contribution in [0, 0.1) is 6.92 Å². The molecule has 70 valence electrons. The van der Waals surface area contributed by atoms with E-state index in [1.807, 2.05) is 13.0 Å². The summed E-state index contributed by atoms with van der Waals surface area (Å²) in [5.74, 6) is 0.378. The number of aryl methyl sites for hydroxylation is 1. The monoisotopic (exact) mass is 178 g/mol. The lowest BCUT2D eigenvalue weighted by Crippen LogP contribution is -2.15. The fourth-order valence-electron chi connectivity index (χ4n) is 1.73. The highest BCUT2D eigenvalue weighted by molar-refractivity contribution is 5.24. The van der Waals surface area contributed by atoms with Gasteiger partial charge in [0.15, 0.2) is 0 Å². The van der Waals surface area contributed by atoms with Gasteiger partial charge in [0, 0.05) is 11.7 Å². The van der Waals surface area contributed by atoms with Crippen LogP contribution in [0.4, 0.5) is 5.95 Å². The van der Waals surface area contributed by atoms with Crippen LogP contribution in [0.5, 0.6) is 0 Å². The average Bonchev–Trinajstić information content (AvgIpc) is 2.53. The molecule has 1 aliphatic heterocycles. The van der Waals surface area contributed by atoms with E-state index in [2.05, 4.69) is 15.3 Å². The third-order valence-corrected chi connectivity index (χ3v) is 2.31. The highest BCUT2D eigenvalue weighted by Crippen LogP contribution is 2.21. The highest BCUT2D eigenvalue weighted by Gasteiger charge is 2.17. The maximum Gasteiger partial charge on any atom is 0.220 e. The molecule has 0 bridgehead atoms. The summed E-state index contributed by atoms with van der Waals surface area (Å²) in [6, 6.07) is 2.38. The second-order valence-corrected chi connectivity index (χ2v) is 3.44. The lowest BCUT2D eigenvalue weighted by molar-refractivity contribution is 0.626. The van der Waals surface area contributed by atoms with E-state index in [0.29, 0.717) is 12.0 Å². The van der Waals surface area contributed by atoms with Crippen LogP contribution in [-0.4, -0.2) is 16.5 Å². The molecule has 4 nitrogen and oxygen atoms in total. The predicted molar refractivity (Wildman–Crippen MR) is 51.2 cm³/mol. The van der Waals surface area contributed by atoms with Crippen LogP contribution < -0.4 is 11.1 Å². The van der Waals surface area contributed by atoms with E-state index in [0.717, 1.165) is 24.4 Å². The van der Waals surface area contributed by atoms with Gasteiger partial charge in [-0.3, -0.25) is 0 Å². The van der Waals surface area contributed by atoms with E-state index in [-0.39, 0.29) is 0 Å². The standard InChI is InChI=1S/C9H14N4/c1-6-5-8(13-9(10)12-6)7-3-2-4-11-7/h5,7,11H,2-4H2,1H3,(H2,10,12,13)/t7-/m0/s1. The predicted octanol–water partition coefficient (Wildman–Crippen LogP) is 0.792. The van der Waals surface area contributed by atoms with Crippen LogP contribution in [-0.2, 0) is 0 Å². The van der Waals surface area contributed by atoms with E-state index in [4.69, 9.17) is 5.73 Å². The van der Waals surface area contributed by atoms with Crippen LogP contribution in [0.25, 0.3) is 0 Å². The van der Waals surface area contributed by atoms with Crippen molar-refractivity contribution < 1.29 is 0 Å². The molecular weight excluding hydrogens is 164 g/mol. The third kappa shape index (κ3) is 1.78. The summed E-state index contributed by atoms with van der Waals surface area (Å²) in [5.41, 5.74) is 7.55. The Bertz CT molecular complexity index is 284. The van der Waals surface area contributed by atoms with Gasteiger partial charge < -0.3 is 11.1 Å². The molecule has 13 heavy (non-hydrogen) atoms. The molecule has 0 amide bonds. The molecule has 1 fully saturated rings. The average molecular weight is 178 g/mol. The van der Waals surface area contributed by atoms with Crippen molar-refractivity contribution in [1.29, 1.82) is 0 Å². The van der Waals surface area contributed by atoms with E-state index >= 15 is 0 Å². The zero-order valence-corrected chi connectivity index (χ0v) is 7.75. The first-order chi connectivity index (χ1) is 6.25. The van der Waals surface area contributed by atoms with Gasteiger partial charge in [-0.1, -0.05) is 0 Å². The second-order valence-electron chi connectivity index (χ2n) is 3.44. The number of rotatable bonds is 1. The largest absolute Gasteiger partial charge is 0.368 e. The quantitative estimate of drug-likeness (QED) is 0.667. The van der Waals surface area contributed by atoms with Crippen molar-refractivity contribution in [3.63, 3.8) is 0 Å². The maximum absolute atomic E-state index is 5.58. The summed E-state index contributed by atoms with van der Waals surface area (Å²) in [5, 5.41) is 3.38. The molecule has 2 rings (SSSR count). The van der Waals surface area contributed by atoms with Crippen molar-refractivity contribution in [1.82, 2.24) is 15.3 Å². The second kappa shape index (κ2) is 3.30. The van der Waals surface area contributed by atoms with Gasteiger partial charge in [0.2, 0.25) is 5.95 Å². The Labute approximate surface area is 77.6 Å². The van der Waals surface area contributed by atoms with Gasteiger partial charge in [-0.2, -0.15) is 0 Å². The third-order valence-electron chi connectivity index (χ3n) is 2.31. The molecule has 0 unspecified atom stereocenters. The van der Waals surface area contributed by atoms with E-state index in [9.17, 15) is 0 Å². The Morgan fingerprint density at radius 3 is 3.00 bits per heavy atom. The Kier molecular flexibility index (Phi) is 2.14. The van der Waals surface area contributed by atoms with Crippen LogP contribution in [0.2, 0.25) is 0 Å². The zero-order valence-electron chi connectivity index (χ0n) is 7.75. The summed E-state index contributed by atoms with van der Waals surface area (Å²) in [7, 11) is 0. The number of anilines is 1. The molecule has 3 N–H and O–H groups in total. The first kappa shape index (κ1) is 8.44. The number of nitrogen functional groups attached to an aromatic ring is 1. The first-order valence-corrected chi connectivity index (χ1v) is 4.60. The van der Waals surface area contributed by atoms with Gasteiger partial charge in [0.25, 0.3) is 0 Å². The number of nitrogens with one attached hydrogen (secondary N) is 1. The molecule has 0 aromatic carbocycles. The van der Waals surface area contributed by atoms with Crippen molar-refractivity contribution in [3.8, 4) is 0 Å². The summed E-state index contributed by atoms with van der Waals surface area (Å²) >= 11 is 0. The van der Waals surface area contributed by atoms with Crippen molar-refractivity contribution in [2.45, 2.75) is 25.8 Å². The number of hydrogen-bond donors (Lipinski definition) is 2. The number of nitrogens with two attached hydrogens (primary N) is 1. The van der Waals surface area contributed by atoms with Crippen LogP contribution >= 0.6 is 0 Å². The number of nitrogens with zero attached hydrogens (tertiary/aromatic N) is 2. The normalized spacial score (nSPS) is 22.1. The molecule has 1 aliphatic rings. The SMILES string of the molecule is Cc1cc([C@@H]2CCCN2)nc(N)n1. The smallest absolute Gasteiger partial charge is 0.220 e. The minimum Gasteiger partial charge on any atom is -0.368 e. The van der Waals surface area contributed by atoms with Crippen molar-refractivity contribution in [3.05, 3.63) is 17.5 Å². The minimum absolute atomic E-state index is 0.378. The molecule has 0 saturated carbocycles. The Morgan fingerprint density at radius 1 is 1.54 bits per heavy atom. The number of aromatic nitrogens is 2. The van der Waals surface area contributed by atoms with Crippen LogP contribution in [0.3, 0.4) is 0 Å². The lowest BCUT2D eigenvalue weighted by Gasteiger charge is -2.09. The molecule has 2 heterocycles. The van der Waals surface area contributed by atoms with Gasteiger partial charge in [-0.05, 0) is 32.4 Å². The van der Waals surface area contributed by atoms with Gasteiger partial charge in [-0.15, -0.1) is 0 Å². The van der Waals surface area contributed by atoms with Gasteiger partial charge >= 0.3 is 0 Å². The number of hydrogen-bond acceptors (Lipinski definition) is 4. The molecule has 1 aromatic heterocycles. The molecule has 1 saturated heterocycles. The summed E-state index contributed by atoms with van der Waals surface area (Å²) < 4.78 is 0. The Hall–Kier alpha value is -1.16. The van der Waals surface area contributed by atoms with Crippen molar-refractivity contribution in [2.75, 3.05) is 12.3 Å². The molecule has 1 atom stereocenters. The van der Waals surface area contributed by atoms with Gasteiger partial charge in [0.05, 0.1) is 5.69 Å².